The highest BCUT2D eigenvalue weighted by atomic mass is 19.1. The Kier molecular flexibility index (Phi) is 3.52. The lowest BCUT2D eigenvalue weighted by atomic mass is 10.1. The van der Waals surface area contributed by atoms with Crippen molar-refractivity contribution < 1.29 is 19.0 Å². The van der Waals surface area contributed by atoms with Crippen molar-refractivity contribution in [1.29, 1.82) is 0 Å². The molecule has 1 unspecified atom stereocenters. The first kappa shape index (κ1) is 12.8. The number of likely N-dealkylation sites (tertiary alicyclic amines) is 1. The van der Waals surface area contributed by atoms with Crippen molar-refractivity contribution in [3.8, 4) is 5.75 Å². The molecular weight excluding hydrogens is 237 g/mol. The standard InChI is InChI=1S/C13H16FNO3/c1-8(16)10-4-3-9(14)7-12(10)18-11-5-6-15(2)13(11)17/h3-4,7-8,11,16H,5-6H2,1-2H3/t8-,11?/m0/s1. The average Bonchev–Trinajstić information content (AvgIpc) is 2.61. The highest BCUT2D eigenvalue weighted by Crippen LogP contribution is 2.28. The van der Waals surface area contributed by atoms with Gasteiger partial charge in [-0.25, -0.2) is 4.39 Å². The number of hydrogen-bond acceptors (Lipinski definition) is 3. The third-order valence-electron chi connectivity index (χ3n) is 3.07. The highest BCUT2D eigenvalue weighted by Gasteiger charge is 2.31. The van der Waals surface area contributed by atoms with E-state index in [4.69, 9.17) is 4.74 Å². The topological polar surface area (TPSA) is 49.8 Å². The van der Waals surface area contributed by atoms with Crippen LogP contribution in [0.1, 0.15) is 25.0 Å². The molecule has 98 valence electrons. The average molecular weight is 253 g/mol. The predicted octanol–water partition coefficient (Wildman–Crippen LogP) is 1.49. The Bertz CT molecular complexity index is 462. The third kappa shape index (κ3) is 2.46. The predicted molar refractivity (Wildman–Crippen MR) is 63.7 cm³/mol. The normalized spacial score (nSPS) is 21.2. The fraction of sp³-hybridized carbons (Fsp3) is 0.462. The van der Waals surface area contributed by atoms with Gasteiger partial charge in [0.1, 0.15) is 11.6 Å². The van der Waals surface area contributed by atoms with Crippen molar-refractivity contribution >= 4 is 5.91 Å². The van der Waals surface area contributed by atoms with Crippen LogP contribution in [-0.4, -0.2) is 35.6 Å². The van der Waals surface area contributed by atoms with Crippen LogP contribution >= 0.6 is 0 Å². The number of rotatable bonds is 3. The largest absolute Gasteiger partial charge is 0.480 e. The molecule has 4 nitrogen and oxygen atoms in total. The summed E-state index contributed by atoms with van der Waals surface area (Å²) < 4.78 is 18.7. The molecule has 1 aliphatic heterocycles. The van der Waals surface area contributed by atoms with Crippen LogP contribution in [0.3, 0.4) is 0 Å². The Balaban J connectivity index is 2.23. The van der Waals surface area contributed by atoms with Crippen LogP contribution in [0.2, 0.25) is 0 Å². The number of carbonyl (C=O) groups is 1. The van der Waals surface area contributed by atoms with E-state index in [0.29, 0.717) is 18.5 Å². The second-order valence-electron chi connectivity index (χ2n) is 4.51. The zero-order valence-corrected chi connectivity index (χ0v) is 10.4. The van der Waals surface area contributed by atoms with E-state index < -0.39 is 18.0 Å². The van der Waals surface area contributed by atoms with E-state index >= 15 is 0 Å². The quantitative estimate of drug-likeness (QED) is 0.887. The number of halogens is 1. The van der Waals surface area contributed by atoms with E-state index in [2.05, 4.69) is 0 Å². The second-order valence-corrected chi connectivity index (χ2v) is 4.51. The number of aliphatic hydroxyl groups is 1. The highest BCUT2D eigenvalue weighted by molar-refractivity contribution is 5.83. The van der Waals surface area contributed by atoms with Gasteiger partial charge in [-0.2, -0.15) is 0 Å². The monoisotopic (exact) mass is 253 g/mol. The zero-order chi connectivity index (χ0) is 13.3. The molecule has 1 aromatic rings. The fourth-order valence-corrected chi connectivity index (χ4v) is 2.01. The molecule has 18 heavy (non-hydrogen) atoms. The van der Waals surface area contributed by atoms with E-state index in [1.165, 1.54) is 18.2 Å². The van der Waals surface area contributed by atoms with Crippen molar-refractivity contribution in [2.45, 2.75) is 25.6 Å². The summed E-state index contributed by atoms with van der Waals surface area (Å²) in [5.74, 6) is -0.331. The molecule has 1 saturated heterocycles. The Hall–Kier alpha value is -1.62. The van der Waals surface area contributed by atoms with Crippen molar-refractivity contribution in [2.75, 3.05) is 13.6 Å². The minimum Gasteiger partial charge on any atom is -0.480 e. The van der Waals surface area contributed by atoms with Crippen molar-refractivity contribution in [3.63, 3.8) is 0 Å². The van der Waals surface area contributed by atoms with Gasteiger partial charge in [-0.05, 0) is 19.1 Å². The summed E-state index contributed by atoms with van der Waals surface area (Å²) >= 11 is 0. The molecule has 1 N–H and O–H groups in total. The van der Waals surface area contributed by atoms with E-state index in [9.17, 15) is 14.3 Å². The number of likely N-dealkylation sites (N-methyl/N-ethyl adjacent to an activating group) is 1. The second kappa shape index (κ2) is 4.94. The third-order valence-corrected chi connectivity index (χ3v) is 3.07. The molecule has 1 aliphatic rings. The molecule has 0 radical (unpaired) electrons. The maximum absolute atomic E-state index is 13.2. The number of amides is 1. The molecule has 0 saturated carbocycles. The summed E-state index contributed by atoms with van der Waals surface area (Å²) in [7, 11) is 1.70. The Labute approximate surface area is 105 Å². The van der Waals surface area contributed by atoms with Gasteiger partial charge in [0.25, 0.3) is 5.91 Å². The van der Waals surface area contributed by atoms with Crippen LogP contribution in [0, 0.1) is 5.82 Å². The van der Waals surface area contributed by atoms with Gasteiger partial charge in [0.05, 0.1) is 6.10 Å². The van der Waals surface area contributed by atoms with E-state index in [-0.39, 0.29) is 11.7 Å². The van der Waals surface area contributed by atoms with Crippen LogP contribution in [0.5, 0.6) is 5.75 Å². The number of benzene rings is 1. The van der Waals surface area contributed by atoms with Crippen molar-refractivity contribution in [3.05, 3.63) is 29.6 Å². The summed E-state index contributed by atoms with van der Waals surface area (Å²) in [5.41, 5.74) is 0.485. The molecule has 0 spiro atoms. The van der Waals surface area contributed by atoms with Gasteiger partial charge in [-0.1, -0.05) is 0 Å². The molecule has 0 aliphatic carbocycles. The minimum absolute atomic E-state index is 0.115. The first-order valence-corrected chi connectivity index (χ1v) is 5.88. The maximum Gasteiger partial charge on any atom is 0.263 e. The summed E-state index contributed by atoms with van der Waals surface area (Å²) in [6, 6.07) is 3.93. The molecule has 1 fully saturated rings. The first-order chi connectivity index (χ1) is 8.49. The van der Waals surface area contributed by atoms with E-state index in [1.54, 1.807) is 18.9 Å². The van der Waals surface area contributed by atoms with Gasteiger partial charge < -0.3 is 14.7 Å². The molecule has 2 atom stereocenters. The Morgan fingerprint density at radius 2 is 2.28 bits per heavy atom. The van der Waals surface area contributed by atoms with E-state index in [0.717, 1.165) is 0 Å². The number of aliphatic hydroxyl groups excluding tert-OH is 1. The summed E-state index contributed by atoms with van der Waals surface area (Å²) in [5, 5.41) is 9.59. The molecule has 0 aromatic heterocycles. The van der Waals surface area contributed by atoms with Crippen LogP contribution in [-0.2, 0) is 4.79 Å². The van der Waals surface area contributed by atoms with Gasteiger partial charge in [0.15, 0.2) is 6.10 Å². The van der Waals surface area contributed by atoms with Crippen LogP contribution in [0.25, 0.3) is 0 Å². The molecule has 2 rings (SSSR count). The van der Waals surface area contributed by atoms with E-state index in [1.807, 2.05) is 0 Å². The molecule has 5 heteroatoms. The lowest BCUT2D eigenvalue weighted by Gasteiger charge is -2.17. The van der Waals surface area contributed by atoms with Crippen LogP contribution in [0.4, 0.5) is 4.39 Å². The maximum atomic E-state index is 13.2. The minimum atomic E-state index is -0.769. The van der Waals surface area contributed by atoms with Crippen molar-refractivity contribution in [1.82, 2.24) is 4.90 Å². The van der Waals surface area contributed by atoms with Gasteiger partial charge in [-0.15, -0.1) is 0 Å². The van der Waals surface area contributed by atoms with Crippen molar-refractivity contribution in [2.24, 2.45) is 0 Å². The smallest absolute Gasteiger partial charge is 0.263 e. The zero-order valence-electron chi connectivity index (χ0n) is 10.4. The number of nitrogens with zero attached hydrogens (tertiary/aromatic N) is 1. The van der Waals surface area contributed by atoms with Crippen LogP contribution < -0.4 is 4.74 Å². The first-order valence-electron chi connectivity index (χ1n) is 5.88. The lowest BCUT2D eigenvalue weighted by molar-refractivity contribution is -0.132. The van der Waals surface area contributed by atoms with Gasteiger partial charge >= 0.3 is 0 Å². The fourth-order valence-electron chi connectivity index (χ4n) is 2.01. The summed E-state index contributed by atoms with van der Waals surface area (Å²) in [6.45, 7) is 2.20. The summed E-state index contributed by atoms with van der Waals surface area (Å²) in [6.07, 6.45) is -0.783. The van der Waals surface area contributed by atoms with Gasteiger partial charge in [0.2, 0.25) is 0 Å². The van der Waals surface area contributed by atoms with Crippen LogP contribution in [0.15, 0.2) is 18.2 Å². The number of ether oxygens (including phenoxy) is 1. The molecule has 1 aromatic carbocycles. The molecular formula is C13H16FNO3. The molecule has 1 amide bonds. The molecule has 1 heterocycles. The number of hydrogen-bond donors (Lipinski definition) is 1. The Morgan fingerprint density at radius 1 is 1.56 bits per heavy atom. The van der Waals surface area contributed by atoms with Gasteiger partial charge in [0, 0.05) is 31.6 Å². The SMILES string of the molecule is C[C@H](O)c1ccc(F)cc1OC1CCN(C)C1=O. The molecule has 0 bridgehead atoms. The summed E-state index contributed by atoms with van der Waals surface area (Å²) in [4.78, 5) is 13.3. The number of carbonyl (C=O) groups excluding carboxylic acids is 1. The Morgan fingerprint density at radius 3 is 2.83 bits per heavy atom. The van der Waals surface area contributed by atoms with Gasteiger partial charge in [-0.3, -0.25) is 4.79 Å². The lowest BCUT2D eigenvalue weighted by Crippen LogP contribution is -2.29.